The number of carbonyl (C=O) groups is 2. The van der Waals surface area contributed by atoms with Gasteiger partial charge in [-0.25, -0.2) is 4.98 Å². The summed E-state index contributed by atoms with van der Waals surface area (Å²) in [5.41, 5.74) is 0.388. The van der Waals surface area contributed by atoms with E-state index in [0.717, 1.165) is 19.6 Å². The Labute approximate surface area is 122 Å². The van der Waals surface area contributed by atoms with Crippen LogP contribution >= 0.6 is 11.3 Å². The smallest absolute Gasteiger partial charge is 0.273 e. The molecule has 20 heavy (non-hydrogen) atoms. The Morgan fingerprint density at radius 1 is 1.60 bits per heavy atom. The van der Waals surface area contributed by atoms with Crippen molar-refractivity contribution < 1.29 is 14.3 Å². The Morgan fingerprint density at radius 2 is 2.40 bits per heavy atom. The Morgan fingerprint density at radius 3 is 3.00 bits per heavy atom. The first-order valence-electron chi connectivity index (χ1n) is 6.70. The Kier molecular flexibility index (Phi) is 5.08. The van der Waals surface area contributed by atoms with E-state index in [1.54, 1.807) is 10.3 Å². The van der Waals surface area contributed by atoms with Gasteiger partial charge in [0.05, 0.1) is 6.61 Å². The van der Waals surface area contributed by atoms with Crippen LogP contribution in [-0.4, -0.2) is 48.0 Å². The standard InChI is InChI=1S/C13H19N3O3S/c1-3-16(6-10-4-5-19-7-10)12(18)11-8-20-13(15-11)14-9(2)17/h8,10H,3-7H2,1-2H3,(H,14,15,17)/t10-/m1/s1. The van der Waals surface area contributed by atoms with Crippen molar-refractivity contribution >= 4 is 28.3 Å². The monoisotopic (exact) mass is 297 g/mol. The molecule has 0 aromatic carbocycles. The molecule has 0 bridgehead atoms. The largest absolute Gasteiger partial charge is 0.381 e. The van der Waals surface area contributed by atoms with Crippen LogP contribution in [0.2, 0.25) is 0 Å². The van der Waals surface area contributed by atoms with Gasteiger partial charge in [0, 0.05) is 37.9 Å². The van der Waals surface area contributed by atoms with Crippen LogP contribution in [0.1, 0.15) is 30.8 Å². The second-order valence-electron chi connectivity index (χ2n) is 4.79. The molecule has 0 aliphatic carbocycles. The fraction of sp³-hybridized carbons (Fsp3) is 0.615. The molecule has 1 atom stereocenters. The Bertz CT molecular complexity index is 483. The van der Waals surface area contributed by atoms with Crippen molar-refractivity contribution in [2.45, 2.75) is 20.3 Å². The van der Waals surface area contributed by atoms with Gasteiger partial charge in [-0.2, -0.15) is 0 Å². The molecular weight excluding hydrogens is 278 g/mol. The maximum absolute atomic E-state index is 12.4. The van der Waals surface area contributed by atoms with E-state index >= 15 is 0 Å². The van der Waals surface area contributed by atoms with Crippen molar-refractivity contribution in [2.24, 2.45) is 5.92 Å². The number of carbonyl (C=O) groups excluding carboxylic acids is 2. The van der Waals surface area contributed by atoms with E-state index in [2.05, 4.69) is 10.3 Å². The molecule has 2 rings (SSSR count). The van der Waals surface area contributed by atoms with Crippen LogP contribution in [0.15, 0.2) is 5.38 Å². The fourth-order valence-corrected chi connectivity index (χ4v) is 2.87. The molecule has 2 heterocycles. The van der Waals surface area contributed by atoms with Gasteiger partial charge in [0.25, 0.3) is 5.91 Å². The zero-order valence-electron chi connectivity index (χ0n) is 11.7. The SMILES string of the molecule is CCN(C[C@H]1CCOC1)C(=O)c1csc(NC(C)=O)n1. The minimum Gasteiger partial charge on any atom is -0.381 e. The summed E-state index contributed by atoms with van der Waals surface area (Å²) in [5, 5.41) is 4.73. The van der Waals surface area contributed by atoms with E-state index in [-0.39, 0.29) is 11.8 Å². The Balaban J connectivity index is 1.99. The summed E-state index contributed by atoms with van der Waals surface area (Å²) in [6.45, 7) is 6.21. The number of ether oxygens (including phenoxy) is 1. The second kappa shape index (κ2) is 6.81. The maximum Gasteiger partial charge on any atom is 0.273 e. The number of rotatable bonds is 5. The number of hydrogen-bond acceptors (Lipinski definition) is 5. The van der Waals surface area contributed by atoms with Crippen molar-refractivity contribution in [1.82, 2.24) is 9.88 Å². The molecule has 2 amide bonds. The van der Waals surface area contributed by atoms with Crippen LogP contribution in [0.5, 0.6) is 0 Å². The summed E-state index contributed by atoms with van der Waals surface area (Å²) < 4.78 is 5.34. The van der Waals surface area contributed by atoms with Gasteiger partial charge in [0.2, 0.25) is 5.91 Å². The number of nitrogens with one attached hydrogen (secondary N) is 1. The molecule has 1 aliphatic heterocycles. The number of aromatic nitrogens is 1. The lowest BCUT2D eigenvalue weighted by Gasteiger charge is -2.22. The van der Waals surface area contributed by atoms with Gasteiger partial charge in [-0.3, -0.25) is 9.59 Å². The first-order chi connectivity index (χ1) is 9.60. The third kappa shape index (κ3) is 3.77. The van der Waals surface area contributed by atoms with E-state index in [1.165, 1.54) is 18.3 Å². The predicted molar refractivity (Wildman–Crippen MR) is 76.9 cm³/mol. The van der Waals surface area contributed by atoms with Crippen molar-refractivity contribution in [3.63, 3.8) is 0 Å². The topological polar surface area (TPSA) is 71.5 Å². The molecule has 1 aliphatic rings. The van der Waals surface area contributed by atoms with Gasteiger partial charge in [-0.05, 0) is 13.3 Å². The van der Waals surface area contributed by atoms with Gasteiger partial charge < -0.3 is 15.0 Å². The number of anilines is 1. The van der Waals surface area contributed by atoms with E-state index < -0.39 is 0 Å². The number of hydrogen-bond donors (Lipinski definition) is 1. The molecule has 1 aromatic rings. The van der Waals surface area contributed by atoms with E-state index in [4.69, 9.17) is 4.74 Å². The lowest BCUT2D eigenvalue weighted by molar-refractivity contribution is -0.114. The highest BCUT2D eigenvalue weighted by Gasteiger charge is 2.23. The molecule has 1 N–H and O–H groups in total. The van der Waals surface area contributed by atoms with Crippen molar-refractivity contribution in [1.29, 1.82) is 0 Å². The van der Waals surface area contributed by atoms with Gasteiger partial charge in [-0.1, -0.05) is 0 Å². The van der Waals surface area contributed by atoms with E-state index in [1.807, 2.05) is 6.92 Å². The minimum atomic E-state index is -0.186. The first-order valence-corrected chi connectivity index (χ1v) is 7.58. The predicted octanol–water partition coefficient (Wildman–Crippen LogP) is 1.60. The van der Waals surface area contributed by atoms with Crippen LogP contribution in [0.25, 0.3) is 0 Å². The lowest BCUT2D eigenvalue weighted by atomic mass is 10.1. The maximum atomic E-state index is 12.4. The molecule has 0 saturated carbocycles. The highest BCUT2D eigenvalue weighted by atomic mass is 32.1. The summed E-state index contributed by atoms with van der Waals surface area (Å²) in [6, 6.07) is 0. The van der Waals surface area contributed by atoms with Crippen LogP contribution in [0, 0.1) is 5.92 Å². The molecule has 0 unspecified atom stereocenters. The fourth-order valence-electron chi connectivity index (χ4n) is 2.14. The van der Waals surface area contributed by atoms with Crippen molar-refractivity contribution in [2.75, 3.05) is 31.6 Å². The molecule has 1 fully saturated rings. The first kappa shape index (κ1) is 14.9. The number of nitrogens with zero attached hydrogens (tertiary/aromatic N) is 2. The molecule has 0 spiro atoms. The third-order valence-electron chi connectivity index (χ3n) is 3.18. The van der Waals surface area contributed by atoms with Crippen LogP contribution in [0.4, 0.5) is 5.13 Å². The van der Waals surface area contributed by atoms with Crippen LogP contribution < -0.4 is 5.32 Å². The molecule has 1 saturated heterocycles. The van der Waals surface area contributed by atoms with Crippen molar-refractivity contribution in [3.05, 3.63) is 11.1 Å². The summed E-state index contributed by atoms with van der Waals surface area (Å²) in [7, 11) is 0. The van der Waals surface area contributed by atoms with E-state index in [9.17, 15) is 9.59 Å². The summed E-state index contributed by atoms with van der Waals surface area (Å²) in [5.74, 6) is 0.133. The molecule has 0 radical (unpaired) electrons. The number of amides is 2. The Hall–Kier alpha value is -1.47. The highest BCUT2D eigenvalue weighted by Crippen LogP contribution is 2.19. The van der Waals surface area contributed by atoms with Gasteiger partial charge in [0.15, 0.2) is 5.13 Å². The minimum absolute atomic E-state index is 0.0905. The molecule has 110 valence electrons. The van der Waals surface area contributed by atoms with E-state index in [0.29, 0.717) is 29.8 Å². The zero-order valence-corrected chi connectivity index (χ0v) is 12.5. The zero-order chi connectivity index (χ0) is 14.5. The third-order valence-corrected chi connectivity index (χ3v) is 3.94. The summed E-state index contributed by atoms with van der Waals surface area (Å²) >= 11 is 1.26. The second-order valence-corrected chi connectivity index (χ2v) is 5.65. The summed E-state index contributed by atoms with van der Waals surface area (Å²) in [6.07, 6.45) is 0.998. The highest BCUT2D eigenvalue weighted by molar-refractivity contribution is 7.14. The van der Waals surface area contributed by atoms with Crippen LogP contribution in [0.3, 0.4) is 0 Å². The van der Waals surface area contributed by atoms with Gasteiger partial charge in [0.1, 0.15) is 5.69 Å². The molecule has 1 aromatic heterocycles. The number of thiazole rings is 1. The van der Waals surface area contributed by atoms with Crippen LogP contribution in [-0.2, 0) is 9.53 Å². The average molecular weight is 297 g/mol. The quantitative estimate of drug-likeness (QED) is 0.896. The lowest BCUT2D eigenvalue weighted by Crippen LogP contribution is -2.35. The van der Waals surface area contributed by atoms with Crippen molar-refractivity contribution in [3.8, 4) is 0 Å². The normalized spacial score (nSPS) is 18.0. The average Bonchev–Trinajstić information content (AvgIpc) is 3.05. The molecule has 6 nitrogen and oxygen atoms in total. The summed E-state index contributed by atoms with van der Waals surface area (Å²) in [4.78, 5) is 29.3. The molecule has 7 heteroatoms. The van der Waals surface area contributed by atoms with Gasteiger partial charge in [-0.15, -0.1) is 11.3 Å². The molecular formula is C13H19N3O3S. The van der Waals surface area contributed by atoms with Gasteiger partial charge >= 0.3 is 0 Å².